The highest BCUT2D eigenvalue weighted by atomic mass is 32.2. The second kappa shape index (κ2) is 13.1. The van der Waals surface area contributed by atoms with Crippen LogP contribution in [0.5, 0.6) is 5.88 Å². The van der Waals surface area contributed by atoms with Gasteiger partial charge >= 0.3 is 0 Å². The topological polar surface area (TPSA) is 159 Å². The predicted octanol–water partition coefficient (Wildman–Crippen LogP) is 5.37. The summed E-state index contributed by atoms with van der Waals surface area (Å²) in [5.74, 6) is -0.886. The molecule has 0 radical (unpaired) electrons. The lowest BCUT2D eigenvalue weighted by atomic mass is 9.99. The van der Waals surface area contributed by atoms with Crippen LogP contribution < -0.4 is 15.4 Å². The van der Waals surface area contributed by atoms with E-state index in [4.69, 9.17) is 4.52 Å². The summed E-state index contributed by atoms with van der Waals surface area (Å²) >= 11 is 0. The molecule has 0 saturated carbocycles. The Bertz CT molecular complexity index is 1880. The zero-order chi connectivity index (χ0) is 32.2. The minimum Gasteiger partial charge on any atom is -0.491 e. The summed E-state index contributed by atoms with van der Waals surface area (Å²) in [5.41, 5.74) is 2.32. The third-order valence-electron chi connectivity index (χ3n) is 7.70. The van der Waals surface area contributed by atoms with Crippen molar-refractivity contribution < 1.29 is 27.9 Å². The Hall–Kier alpha value is -4.65. The Morgan fingerprint density at radius 1 is 1.00 bits per heavy atom. The normalized spacial score (nSPS) is 13.4. The van der Waals surface area contributed by atoms with E-state index >= 15 is 0 Å². The molecule has 0 aliphatic carbocycles. The Labute approximate surface area is 261 Å². The van der Waals surface area contributed by atoms with E-state index in [1.165, 1.54) is 18.2 Å². The number of aromatic nitrogens is 2. The number of hydrogen-bond acceptors (Lipinski definition) is 8. The molecule has 2 heterocycles. The number of anilines is 2. The highest BCUT2D eigenvalue weighted by Gasteiger charge is 2.22. The quantitative estimate of drug-likeness (QED) is 0.116. The van der Waals surface area contributed by atoms with Crippen molar-refractivity contribution in [3.05, 3.63) is 102 Å². The molecule has 1 unspecified atom stereocenters. The van der Waals surface area contributed by atoms with Crippen LogP contribution in [-0.4, -0.2) is 46.3 Å². The van der Waals surface area contributed by atoms with Gasteiger partial charge in [0.1, 0.15) is 0 Å². The lowest BCUT2D eigenvalue weighted by Gasteiger charge is -2.28. The van der Waals surface area contributed by atoms with Gasteiger partial charge < -0.3 is 29.9 Å². The zero-order valence-corrected chi connectivity index (χ0v) is 26.1. The molecule has 2 aromatic heterocycles. The van der Waals surface area contributed by atoms with Gasteiger partial charge in [0.25, 0.3) is 15.9 Å². The van der Waals surface area contributed by atoms with E-state index in [0.717, 1.165) is 17.3 Å². The largest absolute Gasteiger partial charge is 0.491 e. The number of aromatic hydroxyl groups is 1. The number of benzene rings is 3. The van der Waals surface area contributed by atoms with Gasteiger partial charge in [-0.15, -0.1) is 0 Å². The molecule has 11 nitrogen and oxygen atoms in total. The Kier molecular flexibility index (Phi) is 9.28. The summed E-state index contributed by atoms with van der Waals surface area (Å²) in [6, 6.07) is 23.9. The summed E-state index contributed by atoms with van der Waals surface area (Å²) < 4.78 is 35.1. The van der Waals surface area contributed by atoms with Crippen molar-refractivity contribution in [1.82, 2.24) is 15.0 Å². The standard InChI is InChI=1S/C33H37N5O6S/c1-22(30-20-31(40)36-44-30)32(41)35-25-12-13-28-23(18-25)14-16-38(28)17-15-33(2,3)34-21-29(39)24-8-7-9-26(19-24)37-45(42,43)27-10-5-4-6-11-27/h4-14,16,18-20,22,29,34,37,39H,15,17,21H2,1-3H3,(H,35,41)(H,36,40)/t22?,29-/m0/s1. The van der Waals surface area contributed by atoms with E-state index in [-0.39, 0.29) is 34.5 Å². The maximum absolute atomic E-state index is 12.7. The molecule has 0 fully saturated rings. The van der Waals surface area contributed by atoms with Crippen LogP contribution in [0.4, 0.5) is 11.4 Å². The molecule has 0 aliphatic rings. The van der Waals surface area contributed by atoms with Gasteiger partial charge in [0.05, 0.1) is 16.9 Å². The number of carbonyl (C=O) groups is 1. The Morgan fingerprint density at radius 3 is 2.51 bits per heavy atom. The summed E-state index contributed by atoms with van der Waals surface area (Å²) in [6.45, 7) is 6.81. The third-order valence-corrected chi connectivity index (χ3v) is 9.10. The van der Waals surface area contributed by atoms with Gasteiger partial charge in [-0.25, -0.2) is 8.42 Å². The van der Waals surface area contributed by atoms with Crippen molar-refractivity contribution in [3.63, 3.8) is 0 Å². The fourth-order valence-electron chi connectivity index (χ4n) is 4.94. The fourth-order valence-corrected chi connectivity index (χ4v) is 6.01. The predicted molar refractivity (Wildman–Crippen MR) is 173 cm³/mol. The van der Waals surface area contributed by atoms with Crippen LogP contribution in [0.1, 0.15) is 50.5 Å². The van der Waals surface area contributed by atoms with Crippen molar-refractivity contribution in [3.8, 4) is 5.88 Å². The molecule has 0 saturated heterocycles. The average molecular weight is 632 g/mol. The first kappa shape index (κ1) is 31.8. The van der Waals surface area contributed by atoms with Crippen LogP contribution in [0, 0.1) is 0 Å². The molecule has 45 heavy (non-hydrogen) atoms. The number of hydrogen-bond donors (Lipinski definition) is 5. The molecule has 5 N–H and O–H groups in total. The van der Waals surface area contributed by atoms with Gasteiger partial charge in [0, 0.05) is 53.2 Å². The lowest BCUT2D eigenvalue weighted by Crippen LogP contribution is -2.42. The first-order chi connectivity index (χ1) is 21.4. The van der Waals surface area contributed by atoms with Gasteiger partial charge in [-0.1, -0.05) is 30.3 Å². The molecule has 5 aromatic rings. The highest BCUT2D eigenvalue weighted by Crippen LogP contribution is 2.26. The summed E-state index contributed by atoms with van der Waals surface area (Å²) in [7, 11) is -3.74. The molecule has 12 heteroatoms. The van der Waals surface area contributed by atoms with Gasteiger partial charge in [0.2, 0.25) is 5.91 Å². The first-order valence-electron chi connectivity index (χ1n) is 14.6. The highest BCUT2D eigenvalue weighted by molar-refractivity contribution is 7.92. The average Bonchev–Trinajstić information content (AvgIpc) is 3.64. The van der Waals surface area contributed by atoms with Crippen molar-refractivity contribution >= 4 is 38.2 Å². The Balaban J connectivity index is 1.15. The summed E-state index contributed by atoms with van der Waals surface area (Å²) in [4.78, 5) is 12.8. The SMILES string of the molecule is CC(C(=O)Nc1ccc2c(ccn2CCC(C)(C)NC[C@H](O)c2cccc(NS(=O)(=O)c3ccccc3)c2)c1)c1cc(O)no1. The molecule has 0 bridgehead atoms. The molecule has 0 aliphatic heterocycles. The van der Waals surface area contributed by atoms with Crippen LogP contribution in [0.2, 0.25) is 0 Å². The van der Waals surface area contributed by atoms with Crippen LogP contribution in [0.3, 0.4) is 0 Å². The van der Waals surface area contributed by atoms with Gasteiger partial charge in [-0.2, -0.15) is 0 Å². The number of nitrogens with zero attached hydrogens (tertiary/aromatic N) is 2. The fraction of sp³-hybridized carbons (Fsp3) is 0.273. The van der Waals surface area contributed by atoms with Crippen molar-refractivity contribution in [1.29, 1.82) is 0 Å². The number of rotatable bonds is 13. The number of fused-ring (bicyclic) bond motifs is 1. The minimum absolute atomic E-state index is 0.165. The van der Waals surface area contributed by atoms with Crippen molar-refractivity contribution in [2.24, 2.45) is 0 Å². The van der Waals surface area contributed by atoms with Crippen LogP contribution in [0.15, 0.2) is 101 Å². The van der Waals surface area contributed by atoms with Crippen LogP contribution in [0.25, 0.3) is 10.9 Å². The van der Waals surface area contributed by atoms with Gasteiger partial charge in [0.15, 0.2) is 5.76 Å². The minimum atomic E-state index is -3.74. The van der Waals surface area contributed by atoms with Crippen molar-refractivity contribution in [2.45, 2.75) is 56.2 Å². The Morgan fingerprint density at radius 2 is 1.78 bits per heavy atom. The lowest BCUT2D eigenvalue weighted by molar-refractivity contribution is -0.117. The maximum Gasteiger partial charge on any atom is 0.261 e. The smallest absolute Gasteiger partial charge is 0.261 e. The van der Waals surface area contributed by atoms with E-state index in [9.17, 15) is 23.4 Å². The monoisotopic (exact) mass is 631 g/mol. The number of carbonyl (C=O) groups excluding carboxylic acids is 1. The van der Waals surface area contributed by atoms with E-state index in [0.29, 0.717) is 23.5 Å². The maximum atomic E-state index is 12.7. The molecule has 2 atom stereocenters. The second-order valence-electron chi connectivity index (χ2n) is 11.7. The third kappa shape index (κ3) is 7.90. The number of aliphatic hydroxyl groups is 1. The van der Waals surface area contributed by atoms with Gasteiger partial charge in [-0.3, -0.25) is 9.52 Å². The number of nitrogens with one attached hydrogen (secondary N) is 3. The van der Waals surface area contributed by atoms with Crippen LogP contribution in [-0.2, 0) is 21.4 Å². The molecule has 3 aromatic carbocycles. The molecule has 236 valence electrons. The van der Waals surface area contributed by atoms with E-state index in [2.05, 4.69) is 38.9 Å². The molecular formula is C33H37N5O6S. The number of β-amino-alcohol motifs (C(OH)–C–C–N with tert-alkyl or cyclic N) is 1. The second-order valence-corrected chi connectivity index (χ2v) is 13.3. The van der Waals surface area contributed by atoms with Gasteiger partial charge in [-0.05, 0) is 86.4 Å². The number of aryl methyl sites for hydroxylation is 1. The van der Waals surface area contributed by atoms with Crippen molar-refractivity contribution in [2.75, 3.05) is 16.6 Å². The molecule has 0 spiro atoms. The zero-order valence-electron chi connectivity index (χ0n) is 25.3. The molecule has 5 rings (SSSR count). The number of aliphatic hydroxyl groups excluding tert-OH is 1. The first-order valence-corrected chi connectivity index (χ1v) is 16.0. The summed E-state index contributed by atoms with van der Waals surface area (Å²) in [6.07, 6.45) is 1.92. The molecular weight excluding hydrogens is 594 g/mol. The van der Waals surface area contributed by atoms with E-state index in [1.807, 2.05) is 30.5 Å². The van der Waals surface area contributed by atoms with E-state index < -0.39 is 22.0 Å². The van der Waals surface area contributed by atoms with E-state index in [1.54, 1.807) is 49.4 Å². The van der Waals surface area contributed by atoms with Crippen LogP contribution >= 0.6 is 0 Å². The molecule has 1 amide bonds. The number of sulfonamides is 1. The summed E-state index contributed by atoms with van der Waals surface area (Å²) in [5, 5.41) is 31.0. The number of amides is 1.